The molecule has 23 heavy (non-hydrogen) atoms. The summed E-state index contributed by atoms with van der Waals surface area (Å²) >= 11 is 0. The van der Waals surface area contributed by atoms with Crippen molar-refractivity contribution in [3.8, 4) is 5.95 Å². The van der Waals surface area contributed by atoms with E-state index in [1.54, 1.807) is 6.07 Å². The van der Waals surface area contributed by atoms with Gasteiger partial charge >= 0.3 is 6.18 Å². The number of aromatic nitrogens is 6. The number of halogens is 3. The van der Waals surface area contributed by atoms with E-state index in [4.69, 9.17) is 0 Å². The van der Waals surface area contributed by atoms with Crippen LogP contribution in [-0.4, -0.2) is 35.5 Å². The molecule has 1 saturated carbocycles. The van der Waals surface area contributed by atoms with E-state index < -0.39 is 12.0 Å². The minimum Gasteiger partial charge on any atom is -0.365 e. The maximum absolute atomic E-state index is 13.1. The maximum atomic E-state index is 13.1. The van der Waals surface area contributed by atoms with Crippen molar-refractivity contribution in [3.05, 3.63) is 30.6 Å². The molecule has 10 heteroatoms. The van der Waals surface area contributed by atoms with Gasteiger partial charge in [-0.25, -0.2) is 24.9 Å². The summed E-state index contributed by atoms with van der Waals surface area (Å²) in [6.07, 6.45) is 1.46. The van der Waals surface area contributed by atoms with Gasteiger partial charge in [0.25, 0.3) is 0 Å². The molecule has 118 valence electrons. The van der Waals surface area contributed by atoms with Crippen LogP contribution in [0.3, 0.4) is 0 Å². The minimum absolute atomic E-state index is 0.0154. The van der Waals surface area contributed by atoms with Crippen molar-refractivity contribution in [1.29, 1.82) is 0 Å². The number of alkyl halides is 3. The van der Waals surface area contributed by atoms with Gasteiger partial charge in [0.05, 0.1) is 0 Å². The Morgan fingerprint density at radius 2 is 1.83 bits per heavy atom. The van der Waals surface area contributed by atoms with Crippen LogP contribution in [0.2, 0.25) is 0 Å². The second-order valence-corrected chi connectivity index (χ2v) is 5.15. The summed E-state index contributed by atoms with van der Waals surface area (Å²) in [5.74, 6) is -0.940. The van der Waals surface area contributed by atoms with Crippen LogP contribution in [-0.2, 0) is 6.18 Å². The first-order chi connectivity index (χ1) is 11.0. The highest BCUT2D eigenvalue weighted by atomic mass is 19.4. The number of hydrogen-bond acceptors (Lipinski definition) is 6. The first-order valence-corrected chi connectivity index (χ1v) is 6.88. The average Bonchev–Trinajstić information content (AvgIpc) is 3.23. The van der Waals surface area contributed by atoms with Crippen molar-refractivity contribution in [2.45, 2.75) is 25.1 Å². The van der Waals surface area contributed by atoms with Crippen LogP contribution in [0.4, 0.5) is 19.0 Å². The Kier molecular flexibility index (Phi) is 2.93. The van der Waals surface area contributed by atoms with Gasteiger partial charge in [-0.3, -0.25) is 4.57 Å². The Labute approximate surface area is 127 Å². The summed E-state index contributed by atoms with van der Waals surface area (Å²) < 4.78 is 40.5. The zero-order valence-electron chi connectivity index (χ0n) is 11.6. The molecule has 7 nitrogen and oxygen atoms in total. The van der Waals surface area contributed by atoms with E-state index in [-0.39, 0.29) is 29.0 Å². The highest BCUT2D eigenvalue weighted by molar-refractivity contribution is 5.84. The molecule has 3 heterocycles. The van der Waals surface area contributed by atoms with Crippen LogP contribution in [0.1, 0.15) is 18.7 Å². The summed E-state index contributed by atoms with van der Waals surface area (Å²) in [6, 6.07) is 1.74. The van der Waals surface area contributed by atoms with Gasteiger partial charge in [0.15, 0.2) is 17.0 Å². The highest BCUT2D eigenvalue weighted by Crippen LogP contribution is 2.32. The molecule has 1 N–H and O–H groups in total. The first-order valence-electron chi connectivity index (χ1n) is 6.88. The van der Waals surface area contributed by atoms with Crippen LogP contribution < -0.4 is 5.32 Å². The Morgan fingerprint density at radius 3 is 2.48 bits per heavy atom. The number of rotatable bonds is 3. The molecule has 4 rings (SSSR count). The molecule has 0 bridgehead atoms. The van der Waals surface area contributed by atoms with Crippen LogP contribution in [0.5, 0.6) is 0 Å². The van der Waals surface area contributed by atoms with Gasteiger partial charge < -0.3 is 5.32 Å². The van der Waals surface area contributed by atoms with Gasteiger partial charge in [-0.05, 0) is 18.9 Å². The molecule has 1 aliphatic rings. The maximum Gasteiger partial charge on any atom is 0.451 e. The smallest absolute Gasteiger partial charge is 0.365 e. The summed E-state index contributed by atoms with van der Waals surface area (Å²) in [6.45, 7) is 0. The van der Waals surface area contributed by atoms with Crippen LogP contribution in [0.15, 0.2) is 24.8 Å². The number of anilines is 1. The van der Waals surface area contributed by atoms with Crippen molar-refractivity contribution >= 4 is 17.0 Å². The van der Waals surface area contributed by atoms with Gasteiger partial charge in [-0.15, -0.1) is 0 Å². The minimum atomic E-state index is -4.65. The number of nitrogens with zero attached hydrogens (tertiary/aromatic N) is 6. The van der Waals surface area contributed by atoms with Crippen molar-refractivity contribution in [2.24, 2.45) is 0 Å². The van der Waals surface area contributed by atoms with E-state index in [0.717, 1.165) is 12.8 Å². The number of imidazole rings is 1. The Balaban J connectivity index is 1.93. The molecule has 0 atom stereocenters. The molecule has 0 amide bonds. The Morgan fingerprint density at radius 1 is 1.09 bits per heavy atom. The largest absolute Gasteiger partial charge is 0.451 e. The summed E-state index contributed by atoms with van der Waals surface area (Å²) in [4.78, 5) is 19.4. The zero-order chi connectivity index (χ0) is 16.0. The van der Waals surface area contributed by atoms with Gasteiger partial charge in [0, 0.05) is 18.4 Å². The number of fused-ring (bicyclic) bond motifs is 1. The molecule has 0 aromatic carbocycles. The van der Waals surface area contributed by atoms with Gasteiger partial charge in [-0.2, -0.15) is 13.2 Å². The van der Waals surface area contributed by atoms with Gasteiger partial charge in [0.1, 0.15) is 6.33 Å². The Hall–Kier alpha value is -2.78. The Bertz CT molecular complexity index is 855. The average molecular weight is 321 g/mol. The molecule has 1 fully saturated rings. The van der Waals surface area contributed by atoms with Crippen molar-refractivity contribution in [2.75, 3.05) is 5.32 Å². The van der Waals surface area contributed by atoms with Crippen LogP contribution in [0, 0.1) is 0 Å². The third-order valence-electron chi connectivity index (χ3n) is 3.34. The molecular formula is C13H10F3N7. The molecule has 1 aliphatic carbocycles. The van der Waals surface area contributed by atoms with E-state index >= 15 is 0 Å². The monoisotopic (exact) mass is 321 g/mol. The lowest BCUT2D eigenvalue weighted by Gasteiger charge is -2.10. The second-order valence-electron chi connectivity index (χ2n) is 5.15. The van der Waals surface area contributed by atoms with E-state index in [1.807, 2.05) is 0 Å². The third kappa shape index (κ3) is 2.56. The predicted molar refractivity (Wildman–Crippen MR) is 73.9 cm³/mol. The number of nitrogens with one attached hydrogen (secondary N) is 1. The molecule has 0 unspecified atom stereocenters. The SMILES string of the molecule is FC(F)(F)c1nc(NC2CC2)c2ncn(-c3ncccn3)c2n1. The highest BCUT2D eigenvalue weighted by Gasteiger charge is 2.37. The van der Waals surface area contributed by atoms with Gasteiger partial charge in [-0.1, -0.05) is 0 Å². The molecular weight excluding hydrogens is 311 g/mol. The lowest BCUT2D eigenvalue weighted by atomic mass is 10.4. The molecule has 0 aliphatic heterocycles. The van der Waals surface area contributed by atoms with Crippen molar-refractivity contribution < 1.29 is 13.2 Å². The quantitative estimate of drug-likeness (QED) is 0.796. The van der Waals surface area contributed by atoms with Crippen LogP contribution >= 0.6 is 0 Å². The fraction of sp³-hybridized carbons (Fsp3) is 0.308. The van der Waals surface area contributed by atoms with Crippen molar-refractivity contribution in [1.82, 2.24) is 29.5 Å². The molecule has 3 aromatic rings. The first kappa shape index (κ1) is 13.9. The lowest BCUT2D eigenvalue weighted by molar-refractivity contribution is -0.144. The van der Waals surface area contributed by atoms with E-state index in [9.17, 15) is 13.2 Å². The molecule has 0 radical (unpaired) electrons. The fourth-order valence-electron chi connectivity index (χ4n) is 2.11. The molecule has 0 saturated heterocycles. The van der Waals surface area contributed by atoms with Crippen molar-refractivity contribution in [3.63, 3.8) is 0 Å². The fourth-order valence-corrected chi connectivity index (χ4v) is 2.11. The zero-order valence-corrected chi connectivity index (χ0v) is 11.6. The van der Waals surface area contributed by atoms with E-state index in [0.29, 0.717) is 0 Å². The molecule has 3 aromatic heterocycles. The predicted octanol–water partition coefficient (Wildman–Crippen LogP) is 2.20. The summed E-state index contributed by atoms with van der Waals surface area (Å²) in [7, 11) is 0. The van der Waals surface area contributed by atoms with E-state index in [2.05, 4.69) is 30.2 Å². The second kappa shape index (κ2) is 4.86. The summed E-state index contributed by atoms with van der Waals surface area (Å²) in [5, 5.41) is 2.97. The third-order valence-corrected chi connectivity index (χ3v) is 3.34. The lowest BCUT2D eigenvalue weighted by Crippen LogP contribution is -2.15. The summed E-state index contributed by atoms with van der Waals surface area (Å²) in [5.41, 5.74) is 0.277. The topological polar surface area (TPSA) is 81.4 Å². The standard InChI is InChI=1S/C13H10F3N7/c14-13(15,16)11-21-9(20-7-2-3-7)8-10(22-11)23(6-19-8)12-17-4-1-5-18-12/h1,4-7H,2-3H2,(H,20,21,22). The molecule has 0 spiro atoms. The van der Waals surface area contributed by atoms with Gasteiger partial charge in [0.2, 0.25) is 11.8 Å². The van der Waals surface area contributed by atoms with E-state index in [1.165, 1.54) is 23.3 Å². The number of hydrogen-bond donors (Lipinski definition) is 1. The van der Waals surface area contributed by atoms with Crippen LogP contribution in [0.25, 0.3) is 17.1 Å². The normalized spacial score (nSPS) is 15.1.